The van der Waals surface area contributed by atoms with E-state index in [-0.39, 0.29) is 18.8 Å². The first-order valence-electron chi connectivity index (χ1n) is 5.88. The predicted octanol–water partition coefficient (Wildman–Crippen LogP) is -0.394. The highest BCUT2D eigenvalue weighted by Gasteiger charge is 2.30. The summed E-state index contributed by atoms with van der Waals surface area (Å²) in [5, 5.41) is 20.9. The van der Waals surface area contributed by atoms with Gasteiger partial charge in [-0.15, -0.1) is 0 Å². The van der Waals surface area contributed by atoms with Gasteiger partial charge in [0.15, 0.2) is 6.10 Å². The number of carbonyl (C=O) groups is 1. The molecule has 3 unspecified atom stereocenters. The summed E-state index contributed by atoms with van der Waals surface area (Å²) in [5.41, 5.74) is 0. The zero-order valence-electron chi connectivity index (χ0n) is 10.1. The van der Waals surface area contributed by atoms with Crippen LogP contribution in [0, 0.1) is 0 Å². The van der Waals surface area contributed by atoms with Crippen LogP contribution in [0.3, 0.4) is 0 Å². The lowest BCUT2D eigenvalue weighted by Gasteiger charge is -2.19. The Morgan fingerprint density at radius 3 is 2.88 bits per heavy atom. The van der Waals surface area contributed by atoms with Crippen molar-refractivity contribution in [2.75, 3.05) is 26.9 Å². The topological polar surface area (TPSA) is 88.0 Å². The van der Waals surface area contributed by atoms with Crippen LogP contribution in [0.1, 0.15) is 19.3 Å². The van der Waals surface area contributed by atoms with Crippen molar-refractivity contribution in [2.24, 2.45) is 0 Å². The van der Waals surface area contributed by atoms with E-state index in [0.29, 0.717) is 26.0 Å². The number of carboxylic acids is 1. The van der Waals surface area contributed by atoms with Crippen LogP contribution < -0.4 is 5.32 Å². The van der Waals surface area contributed by atoms with Crippen molar-refractivity contribution in [3.63, 3.8) is 0 Å². The van der Waals surface area contributed by atoms with E-state index in [2.05, 4.69) is 5.32 Å². The fraction of sp³-hybridized carbons (Fsp3) is 0.909. The van der Waals surface area contributed by atoms with Crippen LogP contribution in [0.2, 0.25) is 0 Å². The minimum Gasteiger partial charge on any atom is -0.479 e. The van der Waals surface area contributed by atoms with Crippen LogP contribution in [-0.4, -0.2) is 61.3 Å². The van der Waals surface area contributed by atoms with Gasteiger partial charge in [0.25, 0.3) is 0 Å². The molecule has 1 saturated heterocycles. The van der Waals surface area contributed by atoms with Crippen LogP contribution in [0.25, 0.3) is 0 Å². The maximum absolute atomic E-state index is 10.7. The molecule has 1 heterocycles. The average Bonchev–Trinajstić information content (AvgIpc) is 2.75. The zero-order chi connectivity index (χ0) is 12.7. The Labute approximate surface area is 101 Å². The second-order valence-electron chi connectivity index (χ2n) is 4.24. The van der Waals surface area contributed by atoms with Gasteiger partial charge < -0.3 is 25.0 Å². The highest BCUT2D eigenvalue weighted by Crippen LogP contribution is 2.19. The van der Waals surface area contributed by atoms with Crippen molar-refractivity contribution in [2.45, 2.75) is 37.5 Å². The highest BCUT2D eigenvalue weighted by molar-refractivity contribution is 5.72. The van der Waals surface area contributed by atoms with Gasteiger partial charge in [0.2, 0.25) is 0 Å². The molecule has 100 valence electrons. The second kappa shape index (κ2) is 7.60. The molecule has 1 aliphatic heterocycles. The van der Waals surface area contributed by atoms with Crippen molar-refractivity contribution >= 4 is 5.97 Å². The molecule has 6 nitrogen and oxygen atoms in total. The SMILES string of the molecule is COCC(CCO)NCC1CCC(C(=O)O)O1. The van der Waals surface area contributed by atoms with Crippen molar-refractivity contribution in [1.29, 1.82) is 0 Å². The largest absolute Gasteiger partial charge is 0.479 e. The number of hydrogen-bond acceptors (Lipinski definition) is 5. The van der Waals surface area contributed by atoms with Crippen LogP contribution >= 0.6 is 0 Å². The summed E-state index contributed by atoms with van der Waals surface area (Å²) in [6.07, 6.45) is 1.21. The second-order valence-corrected chi connectivity index (χ2v) is 4.24. The number of methoxy groups -OCH3 is 1. The summed E-state index contributed by atoms with van der Waals surface area (Å²) in [7, 11) is 1.61. The number of carboxylic acid groups (broad SMARTS) is 1. The molecule has 0 amide bonds. The number of nitrogens with one attached hydrogen (secondary N) is 1. The third kappa shape index (κ3) is 4.99. The van der Waals surface area contributed by atoms with E-state index in [4.69, 9.17) is 19.7 Å². The number of aliphatic carboxylic acids is 1. The van der Waals surface area contributed by atoms with Gasteiger partial charge in [-0.25, -0.2) is 4.79 Å². The van der Waals surface area contributed by atoms with Crippen LogP contribution in [0.5, 0.6) is 0 Å². The van der Waals surface area contributed by atoms with Crippen LogP contribution in [-0.2, 0) is 14.3 Å². The Hall–Kier alpha value is -0.690. The molecule has 6 heteroatoms. The fourth-order valence-electron chi connectivity index (χ4n) is 1.94. The molecule has 1 aliphatic rings. The van der Waals surface area contributed by atoms with Gasteiger partial charge in [-0.1, -0.05) is 0 Å². The van der Waals surface area contributed by atoms with Crippen LogP contribution in [0.15, 0.2) is 0 Å². The average molecular weight is 247 g/mol. The lowest BCUT2D eigenvalue weighted by atomic mass is 10.1. The van der Waals surface area contributed by atoms with Gasteiger partial charge in [0, 0.05) is 26.3 Å². The predicted molar refractivity (Wildman–Crippen MR) is 60.9 cm³/mol. The Morgan fingerprint density at radius 2 is 2.35 bits per heavy atom. The minimum absolute atomic E-state index is 0.0610. The molecular formula is C11H21NO5. The Balaban J connectivity index is 2.23. The summed E-state index contributed by atoms with van der Waals surface area (Å²) < 4.78 is 10.4. The summed E-state index contributed by atoms with van der Waals surface area (Å²) in [6.45, 7) is 1.22. The van der Waals surface area contributed by atoms with E-state index in [1.54, 1.807) is 7.11 Å². The number of hydrogen-bond donors (Lipinski definition) is 3. The van der Waals surface area contributed by atoms with Gasteiger partial charge in [-0.3, -0.25) is 0 Å². The Bertz CT molecular complexity index is 230. The molecule has 0 bridgehead atoms. The Morgan fingerprint density at radius 1 is 1.59 bits per heavy atom. The Kier molecular flexibility index (Phi) is 6.43. The molecule has 0 aromatic rings. The molecule has 3 atom stereocenters. The number of aliphatic hydroxyl groups is 1. The maximum Gasteiger partial charge on any atom is 0.332 e. The number of aliphatic hydroxyl groups excluding tert-OH is 1. The minimum atomic E-state index is -0.892. The van der Waals surface area contributed by atoms with Crippen molar-refractivity contribution in [3.05, 3.63) is 0 Å². The van der Waals surface area contributed by atoms with E-state index in [1.807, 2.05) is 0 Å². The summed E-state index contributed by atoms with van der Waals surface area (Å²) in [5.74, 6) is -0.892. The third-order valence-corrected chi connectivity index (χ3v) is 2.86. The van der Waals surface area contributed by atoms with Crippen molar-refractivity contribution in [1.82, 2.24) is 5.32 Å². The molecule has 1 fully saturated rings. The van der Waals surface area contributed by atoms with E-state index in [1.165, 1.54) is 0 Å². The van der Waals surface area contributed by atoms with Gasteiger partial charge >= 0.3 is 5.97 Å². The third-order valence-electron chi connectivity index (χ3n) is 2.86. The normalized spacial score (nSPS) is 26.0. The molecule has 1 rings (SSSR count). The van der Waals surface area contributed by atoms with Crippen LogP contribution in [0.4, 0.5) is 0 Å². The zero-order valence-corrected chi connectivity index (χ0v) is 10.1. The van der Waals surface area contributed by atoms with Crippen molar-refractivity contribution < 1.29 is 24.5 Å². The first kappa shape index (κ1) is 14.4. The molecule has 17 heavy (non-hydrogen) atoms. The van der Waals surface area contributed by atoms with E-state index in [9.17, 15) is 4.79 Å². The molecule has 0 saturated carbocycles. The maximum atomic E-state index is 10.7. The molecule has 0 aromatic carbocycles. The molecular weight excluding hydrogens is 226 g/mol. The van der Waals surface area contributed by atoms with E-state index in [0.717, 1.165) is 6.42 Å². The summed E-state index contributed by atoms with van der Waals surface area (Å²) in [6, 6.07) is 0.0810. The lowest BCUT2D eigenvalue weighted by Crippen LogP contribution is -2.39. The van der Waals surface area contributed by atoms with Gasteiger partial charge in [0.1, 0.15) is 0 Å². The summed E-state index contributed by atoms with van der Waals surface area (Å²) in [4.78, 5) is 10.7. The molecule has 0 spiro atoms. The number of ether oxygens (including phenoxy) is 2. The fourth-order valence-corrected chi connectivity index (χ4v) is 1.94. The van der Waals surface area contributed by atoms with Gasteiger partial charge in [-0.2, -0.15) is 0 Å². The number of rotatable bonds is 8. The molecule has 0 radical (unpaired) electrons. The monoisotopic (exact) mass is 247 g/mol. The summed E-state index contributed by atoms with van der Waals surface area (Å²) >= 11 is 0. The standard InChI is InChI=1S/C11H21NO5/c1-16-7-8(4-5-13)12-6-9-2-3-10(17-9)11(14)15/h8-10,12-13H,2-7H2,1H3,(H,14,15). The highest BCUT2D eigenvalue weighted by atomic mass is 16.5. The first-order valence-corrected chi connectivity index (χ1v) is 5.88. The van der Waals surface area contributed by atoms with Gasteiger partial charge in [-0.05, 0) is 19.3 Å². The smallest absolute Gasteiger partial charge is 0.332 e. The van der Waals surface area contributed by atoms with Crippen molar-refractivity contribution in [3.8, 4) is 0 Å². The molecule has 0 aliphatic carbocycles. The molecule has 3 N–H and O–H groups in total. The quantitative estimate of drug-likeness (QED) is 0.541. The van der Waals surface area contributed by atoms with E-state index >= 15 is 0 Å². The molecule has 0 aromatic heterocycles. The lowest BCUT2D eigenvalue weighted by molar-refractivity contribution is -0.149. The van der Waals surface area contributed by atoms with Gasteiger partial charge in [0.05, 0.1) is 12.7 Å². The van der Waals surface area contributed by atoms with E-state index < -0.39 is 12.1 Å². The first-order chi connectivity index (χ1) is 8.17.